The van der Waals surface area contributed by atoms with Gasteiger partial charge in [0, 0.05) is 30.2 Å². The lowest BCUT2D eigenvalue weighted by Gasteiger charge is -2.38. The van der Waals surface area contributed by atoms with E-state index in [1.807, 2.05) is 18.3 Å². The molecule has 3 rings (SSSR count). The molecule has 6 heteroatoms. The minimum Gasteiger partial charge on any atom is -0.733 e. The maximum Gasteiger partial charge on any atom is 0.152 e. The molecule has 0 radical (unpaired) electrons. The SMILES string of the molecule is O=Cc1cc(N([O-])O)ccc1N1CCCC[C@H]1c1cccnc1. The van der Waals surface area contributed by atoms with Crippen LogP contribution in [0.2, 0.25) is 0 Å². The normalized spacial score (nSPS) is 17.8. The zero-order valence-corrected chi connectivity index (χ0v) is 12.6. The van der Waals surface area contributed by atoms with E-state index in [2.05, 4.69) is 9.88 Å². The third kappa shape index (κ3) is 3.18. The second kappa shape index (κ2) is 6.76. The monoisotopic (exact) mass is 312 g/mol. The molecule has 1 saturated heterocycles. The molecule has 1 aliphatic rings. The minimum atomic E-state index is -0.231. The van der Waals surface area contributed by atoms with Crippen LogP contribution in [0.25, 0.3) is 0 Å². The number of hydrogen-bond donors (Lipinski definition) is 1. The molecule has 1 N–H and O–H groups in total. The molecule has 23 heavy (non-hydrogen) atoms. The van der Waals surface area contributed by atoms with Crippen LogP contribution in [0, 0.1) is 5.21 Å². The quantitative estimate of drug-likeness (QED) is 0.689. The van der Waals surface area contributed by atoms with E-state index in [9.17, 15) is 10.0 Å². The summed E-state index contributed by atoms with van der Waals surface area (Å²) in [5.41, 5.74) is 2.33. The predicted octanol–water partition coefficient (Wildman–Crippen LogP) is 3.32. The highest BCUT2D eigenvalue weighted by atomic mass is 16.8. The Morgan fingerprint density at radius 2 is 2.22 bits per heavy atom. The average Bonchev–Trinajstić information content (AvgIpc) is 2.62. The number of nitrogens with zero attached hydrogens (tertiary/aromatic N) is 3. The molecule has 2 heterocycles. The molecule has 1 fully saturated rings. The molecule has 1 aliphatic heterocycles. The topological polar surface area (TPSA) is 79.7 Å². The first-order chi connectivity index (χ1) is 11.2. The van der Waals surface area contributed by atoms with Gasteiger partial charge >= 0.3 is 0 Å². The summed E-state index contributed by atoms with van der Waals surface area (Å²) in [5.74, 6) is 0. The predicted molar refractivity (Wildman–Crippen MR) is 87.6 cm³/mol. The van der Waals surface area contributed by atoms with Crippen molar-refractivity contribution in [2.45, 2.75) is 25.3 Å². The van der Waals surface area contributed by atoms with Crippen LogP contribution in [-0.4, -0.2) is 23.0 Å². The Bertz CT molecular complexity index is 676. The lowest BCUT2D eigenvalue weighted by atomic mass is 9.95. The highest BCUT2D eigenvalue weighted by molar-refractivity contribution is 5.87. The van der Waals surface area contributed by atoms with E-state index in [1.54, 1.807) is 12.3 Å². The number of piperidine rings is 1. The fraction of sp³-hybridized carbons (Fsp3) is 0.294. The van der Waals surface area contributed by atoms with E-state index in [0.29, 0.717) is 5.56 Å². The van der Waals surface area contributed by atoms with Crippen LogP contribution in [0.1, 0.15) is 41.2 Å². The van der Waals surface area contributed by atoms with Gasteiger partial charge < -0.3 is 15.3 Å². The Balaban J connectivity index is 1.99. The number of rotatable bonds is 4. The summed E-state index contributed by atoms with van der Waals surface area (Å²) in [6, 6.07) is 8.74. The largest absolute Gasteiger partial charge is 0.733 e. The highest BCUT2D eigenvalue weighted by Crippen LogP contribution is 2.37. The Hall–Kier alpha value is -2.44. The third-order valence-electron chi connectivity index (χ3n) is 4.24. The molecule has 0 spiro atoms. The third-order valence-corrected chi connectivity index (χ3v) is 4.24. The summed E-state index contributed by atoms with van der Waals surface area (Å²) in [6.07, 6.45) is 7.47. The van der Waals surface area contributed by atoms with E-state index >= 15 is 0 Å². The van der Waals surface area contributed by atoms with E-state index in [1.165, 1.54) is 12.1 Å². The molecule has 1 atom stereocenters. The smallest absolute Gasteiger partial charge is 0.152 e. The molecule has 1 aromatic heterocycles. The first-order valence-electron chi connectivity index (χ1n) is 7.62. The summed E-state index contributed by atoms with van der Waals surface area (Å²) >= 11 is 0. The van der Waals surface area contributed by atoms with Gasteiger partial charge in [-0.3, -0.25) is 15.0 Å². The Morgan fingerprint density at radius 3 is 2.91 bits per heavy atom. The van der Waals surface area contributed by atoms with E-state index in [4.69, 9.17) is 5.21 Å². The maximum absolute atomic E-state index is 11.4. The first kappa shape index (κ1) is 15.5. The number of anilines is 2. The fourth-order valence-corrected chi connectivity index (χ4v) is 3.16. The van der Waals surface area contributed by atoms with E-state index in [0.717, 1.165) is 43.3 Å². The van der Waals surface area contributed by atoms with Crippen molar-refractivity contribution < 1.29 is 10.0 Å². The van der Waals surface area contributed by atoms with Crippen LogP contribution >= 0.6 is 0 Å². The zero-order chi connectivity index (χ0) is 16.2. The van der Waals surface area contributed by atoms with E-state index < -0.39 is 0 Å². The molecular formula is C17H18N3O3-. The van der Waals surface area contributed by atoms with Gasteiger partial charge in [0.05, 0.1) is 11.7 Å². The summed E-state index contributed by atoms with van der Waals surface area (Å²) in [7, 11) is 0. The second-order valence-corrected chi connectivity index (χ2v) is 5.63. The summed E-state index contributed by atoms with van der Waals surface area (Å²) in [4.78, 5) is 17.8. The second-order valence-electron chi connectivity index (χ2n) is 5.63. The van der Waals surface area contributed by atoms with Crippen LogP contribution in [0.4, 0.5) is 11.4 Å². The number of aldehydes is 1. The van der Waals surface area contributed by atoms with Gasteiger partial charge in [0.1, 0.15) is 0 Å². The summed E-state index contributed by atoms with van der Waals surface area (Å²) in [5, 5.41) is 19.8. The molecule has 0 aliphatic carbocycles. The number of carbonyl (C=O) groups is 1. The molecule has 0 amide bonds. The highest BCUT2D eigenvalue weighted by Gasteiger charge is 2.26. The van der Waals surface area contributed by atoms with Gasteiger partial charge in [0.25, 0.3) is 0 Å². The zero-order valence-electron chi connectivity index (χ0n) is 12.6. The standard InChI is InChI=1S/C17H18N3O3/c21-12-14-10-15(20(22)23)6-7-17(14)19-9-2-1-5-16(19)13-4-3-8-18-11-13/h3-4,6-8,10-12,16,22H,1-2,5,9H2/q-1/t16-/m0/s1. The van der Waals surface area contributed by atoms with Gasteiger partial charge in [-0.2, -0.15) is 0 Å². The molecule has 0 saturated carbocycles. The molecule has 120 valence electrons. The van der Waals surface area contributed by atoms with Gasteiger partial charge in [-0.15, -0.1) is 0 Å². The van der Waals surface area contributed by atoms with Gasteiger partial charge in [0.15, 0.2) is 6.29 Å². The molecule has 6 nitrogen and oxygen atoms in total. The van der Waals surface area contributed by atoms with Crippen molar-refractivity contribution >= 4 is 17.7 Å². The van der Waals surface area contributed by atoms with Crippen molar-refractivity contribution in [3.8, 4) is 0 Å². The number of hydrogen-bond acceptors (Lipinski definition) is 6. The lowest BCUT2D eigenvalue weighted by molar-refractivity contribution is 0.112. The Labute approximate surface area is 134 Å². The number of pyridine rings is 1. The number of carbonyl (C=O) groups excluding carboxylic acids is 1. The van der Waals surface area contributed by atoms with Gasteiger partial charge in [0.2, 0.25) is 0 Å². The first-order valence-corrected chi connectivity index (χ1v) is 7.62. The van der Waals surface area contributed by atoms with Crippen molar-refractivity contribution in [1.82, 2.24) is 4.98 Å². The average molecular weight is 312 g/mol. The maximum atomic E-state index is 11.4. The van der Waals surface area contributed by atoms with Gasteiger partial charge in [-0.05, 0) is 49.1 Å². The number of benzene rings is 1. The molecule has 0 bridgehead atoms. The van der Waals surface area contributed by atoms with Crippen molar-refractivity contribution in [2.24, 2.45) is 0 Å². The molecule has 2 aromatic rings. The van der Waals surface area contributed by atoms with Crippen molar-refractivity contribution in [1.29, 1.82) is 0 Å². The van der Waals surface area contributed by atoms with Crippen LogP contribution in [0.5, 0.6) is 0 Å². The molecule has 1 aromatic carbocycles. The minimum absolute atomic E-state index is 0.0470. The lowest BCUT2D eigenvalue weighted by Crippen LogP contribution is -2.34. The van der Waals surface area contributed by atoms with Crippen LogP contribution in [0.15, 0.2) is 42.7 Å². The van der Waals surface area contributed by atoms with Gasteiger partial charge in [-0.1, -0.05) is 6.07 Å². The molecular weight excluding hydrogens is 294 g/mol. The van der Waals surface area contributed by atoms with Crippen LogP contribution in [0.3, 0.4) is 0 Å². The Kier molecular flexibility index (Phi) is 4.55. The van der Waals surface area contributed by atoms with Crippen LogP contribution < -0.4 is 10.1 Å². The fourth-order valence-electron chi connectivity index (χ4n) is 3.16. The van der Waals surface area contributed by atoms with Crippen molar-refractivity contribution in [3.63, 3.8) is 0 Å². The van der Waals surface area contributed by atoms with Crippen LogP contribution in [-0.2, 0) is 0 Å². The molecule has 0 unspecified atom stereocenters. The Morgan fingerprint density at radius 1 is 1.35 bits per heavy atom. The van der Waals surface area contributed by atoms with E-state index in [-0.39, 0.29) is 17.0 Å². The summed E-state index contributed by atoms with van der Waals surface area (Å²) < 4.78 is 0. The number of aromatic nitrogens is 1. The summed E-state index contributed by atoms with van der Waals surface area (Å²) in [6.45, 7) is 0.833. The van der Waals surface area contributed by atoms with Gasteiger partial charge in [-0.25, -0.2) is 0 Å². The van der Waals surface area contributed by atoms with Crippen molar-refractivity contribution in [2.75, 3.05) is 16.7 Å². The van der Waals surface area contributed by atoms with Crippen molar-refractivity contribution in [3.05, 3.63) is 59.1 Å².